The normalized spacial score (nSPS) is 28.7. The number of ether oxygens (including phenoxy) is 1. The van der Waals surface area contributed by atoms with Crippen LogP contribution in [0.15, 0.2) is 0 Å². The van der Waals surface area contributed by atoms with Crippen LogP contribution in [0.2, 0.25) is 6.04 Å². The first-order chi connectivity index (χ1) is 11.1. The van der Waals surface area contributed by atoms with Crippen LogP contribution in [-0.2, 0) is 13.6 Å². The van der Waals surface area contributed by atoms with Gasteiger partial charge >= 0.3 is 8.56 Å². The largest absolute Gasteiger partial charge is 0.393 e. The summed E-state index contributed by atoms with van der Waals surface area (Å²) in [6.45, 7) is 10.9. The highest BCUT2D eigenvalue weighted by atomic mass is 28.4. The topological polar surface area (TPSA) is 79.7 Å². The summed E-state index contributed by atoms with van der Waals surface area (Å²) >= 11 is 0. The SMILES string of the molecule is CCOC1(C(N)CC)C(CCCN)CCC[Si]1(OCC)OCC. The molecule has 0 aromatic rings. The van der Waals surface area contributed by atoms with Crippen molar-refractivity contribution in [2.75, 3.05) is 26.4 Å². The van der Waals surface area contributed by atoms with Crippen molar-refractivity contribution < 1.29 is 13.6 Å². The molecule has 1 aliphatic heterocycles. The van der Waals surface area contributed by atoms with Gasteiger partial charge in [-0.25, -0.2) is 0 Å². The van der Waals surface area contributed by atoms with E-state index in [1.54, 1.807) is 0 Å². The summed E-state index contributed by atoms with van der Waals surface area (Å²) in [6, 6.07) is 0.914. The van der Waals surface area contributed by atoms with E-state index in [1.165, 1.54) is 0 Å². The third-order valence-corrected chi connectivity index (χ3v) is 9.78. The fourth-order valence-corrected chi connectivity index (χ4v) is 9.23. The minimum Gasteiger partial charge on any atom is -0.393 e. The minimum absolute atomic E-state index is 0.0599. The Balaban J connectivity index is 3.35. The zero-order valence-corrected chi connectivity index (χ0v) is 16.6. The van der Waals surface area contributed by atoms with Gasteiger partial charge in [-0.05, 0) is 65.0 Å². The van der Waals surface area contributed by atoms with Crippen LogP contribution in [0.5, 0.6) is 0 Å². The van der Waals surface area contributed by atoms with Crippen molar-refractivity contribution in [2.24, 2.45) is 17.4 Å². The summed E-state index contributed by atoms with van der Waals surface area (Å²) in [6.07, 6.45) is 5.17. The molecule has 0 aromatic heterocycles. The van der Waals surface area contributed by atoms with Crippen molar-refractivity contribution in [3.63, 3.8) is 0 Å². The lowest BCUT2D eigenvalue weighted by Gasteiger charge is -2.56. The van der Waals surface area contributed by atoms with Crippen LogP contribution in [0.25, 0.3) is 0 Å². The van der Waals surface area contributed by atoms with E-state index in [1.807, 2.05) is 13.8 Å². The maximum atomic E-state index is 6.69. The molecular weight excluding hydrogens is 308 g/mol. The monoisotopic (exact) mass is 346 g/mol. The molecular formula is C17H38N2O3Si. The summed E-state index contributed by atoms with van der Waals surface area (Å²) in [5.74, 6) is 0.375. The third-order valence-electron chi connectivity index (χ3n) is 5.15. The Kier molecular flexibility index (Phi) is 9.26. The highest BCUT2D eigenvalue weighted by Crippen LogP contribution is 2.48. The smallest absolute Gasteiger partial charge is 0.373 e. The van der Waals surface area contributed by atoms with E-state index in [4.69, 9.17) is 25.1 Å². The first-order valence-corrected chi connectivity index (χ1v) is 11.5. The Bertz CT molecular complexity index is 321. The number of hydrogen-bond acceptors (Lipinski definition) is 5. The van der Waals surface area contributed by atoms with E-state index < -0.39 is 13.8 Å². The van der Waals surface area contributed by atoms with E-state index in [2.05, 4.69) is 13.8 Å². The zero-order chi connectivity index (χ0) is 17.3. The first-order valence-electron chi connectivity index (χ1n) is 9.45. The Morgan fingerprint density at radius 1 is 1.13 bits per heavy atom. The standard InChI is InChI=1S/C17H38N2O3Si/c1-5-16(19)17(20-6-2)15(11-9-13-18)12-10-14-23(17,21-7-3)22-8-4/h15-16H,5-14,18-19H2,1-4H3. The van der Waals surface area contributed by atoms with E-state index >= 15 is 0 Å². The fourth-order valence-electron chi connectivity index (χ4n) is 4.37. The summed E-state index contributed by atoms with van der Waals surface area (Å²) in [5, 5.41) is -0.462. The van der Waals surface area contributed by atoms with Gasteiger partial charge in [-0.3, -0.25) is 0 Å². The van der Waals surface area contributed by atoms with Gasteiger partial charge in [0.05, 0.1) is 0 Å². The minimum atomic E-state index is -2.57. The van der Waals surface area contributed by atoms with Crippen molar-refractivity contribution in [2.45, 2.75) is 77.1 Å². The van der Waals surface area contributed by atoms with E-state index in [-0.39, 0.29) is 6.04 Å². The van der Waals surface area contributed by atoms with Gasteiger partial charge in [-0.1, -0.05) is 13.3 Å². The van der Waals surface area contributed by atoms with Crippen molar-refractivity contribution in [1.82, 2.24) is 0 Å². The summed E-state index contributed by atoms with van der Waals surface area (Å²) in [5.41, 5.74) is 12.5. The summed E-state index contributed by atoms with van der Waals surface area (Å²) in [7, 11) is -2.57. The second-order valence-electron chi connectivity index (χ2n) is 6.38. The second kappa shape index (κ2) is 10.1. The fraction of sp³-hybridized carbons (Fsp3) is 1.00. The summed E-state index contributed by atoms with van der Waals surface area (Å²) < 4.78 is 19.3. The Morgan fingerprint density at radius 2 is 1.78 bits per heavy atom. The molecule has 3 unspecified atom stereocenters. The van der Waals surface area contributed by atoms with Crippen LogP contribution in [0.4, 0.5) is 0 Å². The number of rotatable bonds is 11. The Labute approximate surface area is 143 Å². The van der Waals surface area contributed by atoms with Gasteiger partial charge in [0.2, 0.25) is 0 Å². The Hall–Kier alpha value is 0.0169. The van der Waals surface area contributed by atoms with Gasteiger partial charge in [0.1, 0.15) is 5.22 Å². The van der Waals surface area contributed by atoms with Crippen molar-refractivity contribution in [1.29, 1.82) is 0 Å². The molecule has 1 heterocycles. The molecule has 1 fully saturated rings. The molecule has 3 atom stereocenters. The van der Waals surface area contributed by atoms with Crippen LogP contribution in [0.3, 0.4) is 0 Å². The first kappa shape index (κ1) is 21.1. The molecule has 4 N–H and O–H groups in total. The Morgan fingerprint density at radius 3 is 2.26 bits per heavy atom. The maximum absolute atomic E-state index is 6.69. The van der Waals surface area contributed by atoms with Crippen LogP contribution < -0.4 is 11.5 Å². The van der Waals surface area contributed by atoms with Crippen LogP contribution in [0.1, 0.15) is 59.8 Å². The highest BCUT2D eigenvalue weighted by Gasteiger charge is 2.66. The molecule has 0 bridgehead atoms. The average molecular weight is 347 g/mol. The van der Waals surface area contributed by atoms with Crippen LogP contribution in [-0.4, -0.2) is 46.2 Å². The van der Waals surface area contributed by atoms with Gasteiger partial charge < -0.3 is 25.1 Å². The van der Waals surface area contributed by atoms with Gasteiger partial charge in [-0.15, -0.1) is 0 Å². The average Bonchev–Trinajstić information content (AvgIpc) is 2.55. The molecule has 1 rings (SSSR count). The maximum Gasteiger partial charge on any atom is 0.373 e. The molecule has 0 saturated carbocycles. The molecule has 0 aliphatic carbocycles. The molecule has 23 heavy (non-hydrogen) atoms. The molecule has 1 aliphatic rings. The van der Waals surface area contributed by atoms with Gasteiger partial charge in [0.25, 0.3) is 0 Å². The molecule has 5 nitrogen and oxygen atoms in total. The van der Waals surface area contributed by atoms with Crippen molar-refractivity contribution >= 4 is 8.56 Å². The lowest BCUT2D eigenvalue weighted by molar-refractivity contribution is -0.0922. The number of hydrogen-bond donors (Lipinski definition) is 2. The molecule has 1 saturated heterocycles. The van der Waals surface area contributed by atoms with E-state index in [9.17, 15) is 0 Å². The zero-order valence-electron chi connectivity index (χ0n) is 15.6. The third kappa shape index (κ3) is 4.17. The number of nitrogens with two attached hydrogens (primary N) is 2. The van der Waals surface area contributed by atoms with Gasteiger partial charge in [0, 0.05) is 25.9 Å². The molecule has 0 spiro atoms. The molecule has 0 radical (unpaired) electrons. The van der Waals surface area contributed by atoms with Crippen LogP contribution in [0, 0.1) is 5.92 Å². The second-order valence-corrected chi connectivity index (χ2v) is 9.74. The summed E-state index contributed by atoms with van der Waals surface area (Å²) in [4.78, 5) is 0. The molecule has 138 valence electrons. The highest BCUT2D eigenvalue weighted by molar-refractivity contribution is 6.71. The quantitative estimate of drug-likeness (QED) is 0.562. The predicted molar refractivity (Wildman–Crippen MR) is 97.4 cm³/mol. The van der Waals surface area contributed by atoms with Crippen LogP contribution >= 0.6 is 0 Å². The molecule has 0 amide bonds. The van der Waals surface area contributed by atoms with Crippen molar-refractivity contribution in [3.05, 3.63) is 0 Å². The predicted octanol–water partition coefficient (Wildman–Crippen LogP) is 2.70. The van der Waals surface area contributed by atoms with Gasteiger partial charge in [0.15, 0.2) is 0 Å². The van der Waals surface area contributed by atoms with E-state index in [0.717, 1.165) is 38.1 Å². The van der Waals surface area contributed by atoms with E-state index in [0.29, 0.717) is 32.3 Å². The molecule has 6 heteroatoms. The lowest BCUT2D eigenvalue weighted by atomic mass is 9.85. The van der Waals surface area contributed by atoms with Gasteiger partial charge in [-0.2, -0.15) is 0 Å². The lowest BCUT2D eigenvalue weighted by Crippen LogP contribution is -2.76. The van der Waals surface area contributed by atoms with Crippen molar-refractivity contribution in [3.8, 4) is 0 Å². The molecule has 0 aromatic carbocycles.